The SMILES string of the molecule is CNCc1cccc(SCc2cccc(C)c2)c1. The van der Waals surface area contributed by atoms with Crippen LogP contribution in [-0.4, -0.2) is 7.05 Å². The van der Waals surface area contributed by atoms with E-state index in [0.717, 1.165) is 12.3 Å². The van der Waals surface area contributed by atoms with Crippen molar-refractivity contribution in [2.24, 2.45) is 0 Å². The Kier molecular flexibility index (Phi) is 4.85. The number of nitrogens with one attached hydrogen (secondary N) is 1. The van der Waals surface area contributed by atoms with Crippen molar-refractivity contribution in [2.45, 2.75) is 24.1 Å². The summed E-state index contributed by atoms with van der Waals surface area (Å²) in [6, 6.07) is 17.4. The molecule has 1 nitrogen and oxygen atoms in total. The minimum absolute atomic E-state index is 0.929. The molecule has 0 bridgehead atoms. The van der Waals surface area contributed by atoms with Crippen LogP contribution in [0.15, 0.2) is 53.4 Å². The van der Waals surface area contributed by atoms with E-state index >= 15 is 0 Å². The lowest BCUT2D eigenvalue weighted by molar-refractivity contribution is 0.815. The van der Waals surface area contributed by atoms with Gasteiger partial charge >= 0.3 is 0 Å². The van der Waals surface area contributed by atoms with Crippen molar-refractivity contribution in [3.05, 3.63) is 65.2 Å². The summed E-state index contributed by atoms with van der Waals surface area (Å²) >= 11 is 1.89. The maximum absolute atomic E-state index is 3.18. The molecule has 2 aromatic carbocycles. The van der Waals surface area contributed by atoms with E-state index in [-0.39, 0.29) is 0 Å². The van der Waals surface area contributed by atoms with Gasteiger partial charge in [0.2, 0.25) is 0 Å². The fraction of sp³-hybridized carbons (Fsp3) is 0.250. The van der Waals surface area contributed by atoms with Crippen LogP contribution in [0, 0.1) is 6.92 Å². The van der Waals surface area contributed by atoms with E-state index in [1.54, 1.807) is 0 Å². The molecule has 0 fully saturated rings. The van der Waals surface area contributed by atoms with Crippen LogP contribution < -0.4 is 5.32 Å². The normalized spacial score (nSPS) is 10.6. The van der Waals surface area contributed by atoms with E-state index in [0.29, 0.717) is 0 Å². The predicted octanol–water partition coefficient (Wildman–Crippen LogP) is 4.01. The third-order valence-electron chi connectivity index (χ3n) is 2.77. The fourth-order valence-electron chi connectivity index (χ4n) is 1.92. The molecule has 0 saturated carbocycles. The Balaban J connectivity index is 1.99. The molecule has 0 aromatic heterocycles. The van der Waals surface area contributed by atoms with Crippen LogP contribution in [-0.2, 0) is 12.3 Å². The molecule has 0 aliphatic heterocycles. The molecule has 18 heavy (non-hydrogen) atoms. The van der Waals surface area contributed by atoms with E-state index in [4.69, 9.17) is 0 Å². The van der Waals surface area contributed by atoms with Crippen molar-refractivity contribution in [1.29, 1.82) is 0 Å². The van der Waals surface area contributed by atoms with Crippen molar-refractivity contribution in [1.82, 2.24) is 5.32 Å². The average Bonchev–Trinajstić information content (AvgIpc) is 2.37. The zero-order chi connectivity index (χ0) is 12.8. The van der Waals surface area contributed by atoms with Gasteiger partial charge in [0.05, 0.1) is 0 Å². The van der Waals surface area contributed by atoms with Crippen molar-refractivity contribution in [3.63, 3.8) is 0 Å². The summed E-state index contributed by atoms with van der Waals surface area (Å²) in [6.07, 6.45) is 0. The van der Waals surface area contributed by atoms with Gasteiger partial charge in [0, 0.05) is 17.2 Å². The Morgan fingerprint density at radius 1 is 1.00 bits per heavy atom. The molecule has 94 valence electrons. The average molecular weight is 257 g/mol. The molecular weight excluding hydrogens is 238 g/mol. The third-order valence-corrected chi connectivity index (χ3v) is 3.83. The van der Waals surface area contributed by atoms with E-state index in [1.807, 2.05) is 18.8 Å². The van der Waals surface area contributed by atoms with Gasteiger partial charge in [-0.1, -0.05) is 42.0 Å². The summed E-state index contributed by atoms with van der Waals surface area (Å²) in [5, 5.41) is 3.18. The van der Waals surface area contributed by atoms with Crippen LogP contribution in [0.5, 0.6) is 0 Å². The molecule has 0 unspecified atom stereocenters. The Hall–Kier alpha value is -1.25. The molecule has 0 aliphatic carbocycles. The molecule has 0 radical (unpaired) electrons. The molecule has 2 aromatic rings. The Bertz CT molecular complexity index is 508. The van der Waals surface area contributed by atoms with Crippen molar-refractivity contribution < 1.29 is 0 Å². The number of hydrogen-bond acceptors (Lipinski definition) is 2. The Morgan fingerprint density at radius 2 is 1.78 bits per heavy atom. The Labute approximate surface area is 114 Å². The van der Waals surface area contributed by atoms with Gasteiger partial charge in [-0.2, -0.15) is 0 Å². The lowest BCUT2D eigenvalue weighted by atomic mass is 10.2. The highest BCUT2D eigenvalue weighted by Crippen LogP contribution is 2.23. The van der Waals surface area contributed by atoms with Gasteiger partial charge in [-0.05, 0) is 37.2 Å². The zero-order valence-electron chi connectivity index (χ0n) is 10.9. The quantitative estimate of drug-likeness (QED) is 0.812. The summed E-state index contributed by atoms with van der Waals surface area (Å²) < 4.78 is 0. The van der Waals surface area contributed by atoms with E-state index in [2.05, 4.69) is 60.8 Å². The number of benzene rings is 2. The maximum atomic E-state index is 3.18. The molecule has 0 heterocycles. The third kappa shape index (κ3) is 3.90. The smallest absolute Gasteiger partial charge is 0.0232 e. The van der Waals surface area contributed by atoms with Gasteiger partial charge in [-0.25, -0.2) is 0 Å². The van der Waals surface area contributed by atoms with Gasteiger partial charge in [-0.15, -0.1) is 11.8 Å². The number of thioether (sulfide) groups is 1. The fourth-order valence-corrected chi connectivity index (χ4v) is 2.84. The molecule has 1 N–H and O–H groups in total. The van der Waals surface area contributed by atoms with E-state index in [1.165, 1.54) is 21.6 Å². The van der Waals surface area contributed by atoms with Gasteiger partial charge in [0.15, 0.2) is 0 Å². The number of aryl methyl sites for hydroxylation is 1. The summed E-state index contributed by atoms with van der Waals surface area (Å²) in [4.78, 5) is 1.34. The second-order valence-corrected chi connectivity index (χ2v) is 5.50. The topological polar surface area (TPSA) is 12.0 Å². The first kappa shape index (κ1) is 13.2. The second kappa shape index (κ2) is 6.62. The van der Waals surface area contributed by atoms with Crippen LogP contribution >= 0.6 is 11.8 Å². The minimum atomic E-state index is 0.929. The Morgan fingerprint density at radius 3 is 2.56 bits per heavy atom. The van der Waals surface area contributed by atoms with Crippen LogP contribution in [0.3, 0.4) is 0 Å². The van der Waals surface area contributed by atoms with Gasteiger partial charge in [0.25, 0.3) is 0 Å². The maximum Gasteiger partial charge on any atom is 0.0232 e. The minimum Gasteiger partial charge on any atom is -0.316 e. The number of rotatable bonds is 5. The van der Waals surface area contributed by atoms with Crippen LogP contribution in [0.25, 0.3) is 0 Å². The van der Waals surface area contributed by atoms with Crippen LogP contribution in [0.1, 0.15) is 16.7 Å². The highest BCUT2D eigenvalue weighted by Gasteiger charge is 1.98. The lowest BCUT2D eigenvalue weighted by Crippen LogP contribution is -2.04. The molecule has 0 spiro atoms. The molecule has 2 rings (SSSR count). The van der Waals surface area contributed by atoms with Gasteiger partial charge < -0.3 is 5.32 Å². The first-order valence-corrected chi connectivity index (χ1v) is 7.18. The zero-order valence-corrected chi connectivity index (χ0v) is 11.8. The van der Waals surface area contributed by atoms with Gasteiger partial charge in [0.1, 0.15) is 0 Å². The van der Waals surface area contributed by atoms with Crippen LogP contribution in [0.2, 0.25) is 0 Å². The summed E-state index contributed by atoms with van der Waals surface area (Å²) in [7, 11) is 1.98. The molecule has 0 saturated heterocycles. The predicted molar refractivity (Wildman–Crippen MR) is 79.9 cm³/mol. The summed E-state index contributed by atoms with van der Waals surface area (Å²) in [5.74, 6) is 1.03. The molecule has 0 atom stereocenters. The highest BCUT2D eigenvalue weighted by atomic mass is 32.2. The monoisotopic (exact) mass is 257 g/mol. The molecule has 2 heteroatoms. The highest BCUT2D eigenvalue weighted by molar-refractivity contribution is 7.98. The van der Waals surface area contributed by atoms with E-state index < -0.39 is 0 Å². The molecule has 0 amide bonds. The molecule has 0 aliphatic rings. The largest absolute Gasteiger partial charge is 0.316 e. The van der Waals surface area contributed by atoms with E-state index in [9.17, 15) is 0 Å². The first-order valence-electron chi connectivity index (χ1n) is 6.20. The summed E-state index contributed by atoms with van der Waals surface area (Å²) in [6.45, 7) is 3.07. The van der Waals surface area contributed by atoms with Crippen molar-refractivity contribution in [2.75, 3.05) is 7.05 Å². The van der Waals surface area contributed by atoms with Gasteiger partial charge in [-0.3, -0.25) is 0 Å². The van der Waals surface area contributed by atoms with Crippen molar-refractivity contribution in [3.8, 4) is 0 Å². The first-order chi connectivity index (χ1) is 8.78. The standard InChI is InChI=1S/C16H19NS/c1-13-5-3-7-15(9-13)12-18-16-8-4-6-14(10-16)11-17-2/h3-10,17H,11-12H2,1-2H3. The second-order valence-electron chi connectivity index (χ2n) is 4.46. The summed E-state index contributed by atoms with van der Waals surface area (Å²) in [5.41, 5.74) is 4.06. The van der Waals surface area contributed by atoms with Crippen molar-refractivity contribution >= 4 is 11.8 Å². The lowest BCUT2D eigenvalue weighted by Gasteiger charge is -2.05. The van der Waals surface area contributed by atoms with Crippen LogP contribution in [0.4, 0.5) is 0 Å². The molecular formula is C16H19NS. The number of hydrogen-bond donors (Lipinski definition) is 1.